The lowest BCUT2D eigenvalue weighted by Gasteiger charge is -2.49. The maximum Gasteiger partial charge on any atom is 0.217 e. The lowest BCUT2D eigenvalue weighted by Crippen LogP contribution is -2.64. The van der Waals surface area contributed by atoms with E-state index < -0.39 is 10.0 Å². The molecule has 4 aliphatic rings. The maximum atomic E-state index is 14.0. The molecule has 0 radical (unpaired) electrons. The van der Waals surface area contributed by atoms with E-state index in [1.165, 1.54) is 38.2 Å². The highest BCUT2D eigenvalue weighted by Crippen LogP contribution is 2.43. The third kappa shape index (κ3) is 4.51. The number of piperazine rings is 1. The predicted octanol–water partition coefficient (Wildman–Crippen LogP) is 3.32. The summed E-state index contributed by atoms with van der Waals surface area (Å²) in [6, 6.07) is 0.510. The quantitative estimate of drug-likeness (QED) is 0.600. The third-order valence-corrected chi connectivity index (χ3v) is 11.7. The molecule has 0 spiro atoms. The van der Waals surface area contributed by atoms with Gasteiger partial charge >= 0.3 is 0 Å². The van der Waals surface area contributed by atoms with E-state index in [4.69, 9.17) is 0 Å². The minimum absolute atomic E-state index is 0.160. The Morgan fingerprint density at radius 2 is 1.87 bits per heavy atom. The molecule has 0 amide bonds. The number of nitrogens with one attached hydrogen (secondary N) is 2. The highest BCUT2D eigenvalue weighted by atomic mass is 32.2. The van der Waals surface area contributed by atoms with Crippen molar-refractivity contribution in [3.8, 4) is 0 Å². The molecule has 4 fully saturated rings. The van der Waals surface area contributed by atoms with Gasteiger partial charge in [-0.3, -0.25) is 0 Å². The topological polar surface area (TPSA) is 61.4 Å². The van der Waals surface area contributed by atoms with E-state index in [2.05, 4.69) is 31.5 Å². The summed E-state index contributed by atoms with van der Waals surface area (Å²) in [6.45, 7) is 7.91. The first kappa shape index (κ1) is 23.1. The number of sulfonamides is 1. The average Bonchev–Trinajstić information content (AvgIpc) is 2.70. The SMILES string of the molecule is CNCC(CB1CCC1)C1CCCC(S(=O)(=O)N2CCNC3CCCC(C)C32)C1C. The Morgan fingerprint density at radius 3 is 2.57 bits per heavy atom. The molecule has 172 valence electrons. The van der Waals surface area contributed by atoms with Crippen LogP contribution in [0, 0.1) is 23.7 Å². The molecule has 2 saturated heterocycles. The standard InChI is InChI=1S/C23H44BN3O2S/c1-17-7-4-9-21-23(17)27(14-13-26-21)30(28,29)22-10-5-8-20(18(22)2)19(16-25-3)15-24-11-6-12-24/h17-23,25-26H,4-16H2,1-3H3. The van der Waals surface area contributed by atoms with Crippen LogP contribution in [-0.4, -0.2) is 63.5 Å². The molecule has 5 nitrogen and oxygen atoms in total. The Labute approximate surface area is 185 Å². The van der Waals surface area contributed by atoms with Crippen molar-refractivity contribution < 1.29 is 8.42 Å². The molecule has 4 rings (SSSR count). The van der Waals surface area contributed by atoms with Crippen LogP contribution in [0.4, 0.5) is 0 Å². The van der Waals surface area contributed by atoms with Crippen molar-refractivity contribution in [2.24, 2.45) is 23.7 Å². The number of rotatable bonds is 7. The molecule has 2 aliphatic carbocycles. The predicted molar refractivity (Wildman–Crippen MR) is 127 cm³/mol. The van der Waals surface area contributed by atoms with Crippen LogP contribution in [0.25, 0.3) is 0 Å². The molecule has 2 saturated carbocycles. The van der Waals surface area contributed by atoms with Gasteiger partial charge in [-0.05, 0) is 62.9 Å². The fourth-order valence-electron chi connectivity index (χ4n) is 7.35. The van der Waals surface area contributed by atoms with Crippen molar-refractivity contribution in [3.05, 3.63) is 0 Å². The van der Waals surface area contributed by atoms with Crippen molar-refractivity contribution in [1.29, 1.82) is 0 Å². The first-order valence-electron chi connectivity index (χ1n) is 12.8. The second-order valence-corrected chi connectivity index (χ2v) is 13.1. The van der Waals surface area contributed by atoms with Gasteiger partial charge in [-0.2, -0.15) is 4.31 Å². The largest absolute Gasteiger partial charge is 0.319 e. The zero-order chi connectivity index (χ0) is 21.3. The van der Waals surface area contributed by atoms with Gasteiger partial charge < -0.3 is 10.6 Å². The van der Waals surface area contributed by atoms with E-state index in [0.29, 0.717) is 30.3 Å². The summed E-state index contributed by atoms with van der Waals surface area (Å²) in [4.78, 5) is 0. The molecular formula is C23H44BN3O2S. The van der Waals surface area contributed by atoms with Crippen LogP contribution in [0.3, 0.4) is 0 Å². The number of hydrogen-bond donors (Lipinski definition) is 2. The summed E-state index contributed by atoms with van der Waals surface area (Å²) in [7, 11) is -1.21. The number of hydrogen-bond acceptors (Lipinski definition) is 4. The van der Waals surface area contributed by atoms with E-state index in [0.717, 1.165) is 45.5 Å². The fraction of sp³-hybridized carbons (Fsp3) is 1.00. The van der Waals surface area contributed by atoms with Gasteiger partial charge in [0.05, 0.1) is 5.25 Å². The van der Waals surface area contributed by atoms with Crippen molar-refractivity contribution in [1.82, 2.24) is 14.9 Å². The van der Waals surface area contributed by atoms with Gasteiger partial charge in [0.1, 0.15) is 6.71 Å². The van der Waals surface area contributed by atoms with E-state index in [-0.39, 0.29) is 17.2 Å². The van der Waals surface area contributed by atoms with Gasteiger partial charge in [0.2, 0.25) is 10.0 Å². The Bertz CT molecular complexity index is 669. The average molecular weight is 438 g/mol. The van der Waals surface area contributed by atoms with Gasteiger partial charge in [0.25, 0.3) is 0 Å². The lowest BCUT2D eigenvalue weighted by atomic mass is 9.32. The van der Waals surface area contributed by atoms with Crippen LogP contribution < -0.4 is 10.6 Å². The summed E-state index contributed by atoms with van der Waals surface area (Å²) in [5, 5.41) is 6.87. The molecule has 7 atom stereocenters. The molecule has 30 heavy (non-hydrogen) atoms. The van der Waals surface area contributed by atoms with Crippen LogP contribution in [0.5, 0.6) is 0 Å². The second kappa shape index (κ2) is 9.80. The Hall–Kier alpha value is -0.105. The molecule has 2 N–H and O–H groups in total. The third-order valence-electron chi connectivity index (χ3n) is 9.17. The molecule has 0 aromatic heterocycles. The van der Waals surface area contributed by atoms with E-state index in [1.807, 2.05) is 4.31 Å². The van der Waals surface area contributed by atoms with Gasteiger partial charge in [-0.25, -0.2) is 8.42 Å². The first-order chi connectivity index (χ1) is 14.4. The van der Waals surface area contributed by atoms with E-state index in [1.54, 1.807) is 0 Å². The van der Waals surface area contributed by atoms with Crippen molar-refractivity contribution >= 4 is 16.7 Å². The highest BCUT2D eigenvalue weighted by molar-refractivity contribution is 7.89. The van der Waals surface area contributed by atoms with Crippen LogP contribution in [0.2, 0.25) is 19.0 Å². The highest BCUT2D eigenvalue weighted by Gasteiger charge is 2.49. The Kier molecular flexibility index (Phi) is 7.54. The lowest BCUT2D eigenvalue weighted by molar-refractivity contribution is 0.109. The molecule has 0 bridgehead atoms. The Morgan fingerprint density at radius 1 is 1.10 bits per heavy atom. The smallest absolute Gasteiger partial charge is 0.217 e. The van der Waals surface area contributed by atoms with E-state index >= 15 is 0 Å². The van der Waals surface area contributed by atoms with Crippen LogP contribution in [0.15, 0.2) is 0 Å². The van der Waals surface area contributed by atoms with E-state index in [9.17, 15) is 8.42 Å². The van der Waals surface area contributed by atoms with Crippen molar-refractivity contribution in [2.75, 3.05) is 26.7 Å². The summed E-state index contributed by atoms with van der Waals surface area (Å²) in [6.07, 6.45) is 12.1. The fourth-order valence-corrected chi connectivity index (χ4v) is 9.95. The summed E-state index contributed by atoms with van der Waals surface area (Å²) in [5.74, 6) is 1.87. The first-order valence-corrected chi connectivity index (χ1v) is 14.3. The summed E-state index contributed by atoms with van der Waals surface area (Å²) >= 11 is 0. The minimum atomic E-state index is -3.27. The summed E-state index contributed by atoms with van der Waals surface area (Å²) < 4.78 is 30.1. The molecule has 0 aromatic carbocycles. The monoisotopic (exact) mass is 437 g/mol. The minimum Gasteiger partial charge on any atom is -0.319 e. The van der Waals surface area contributed by atoms with Crippen LogP contribution in [0.1, 0.15) is 58.8 Å². The van der Waals surface area contributed by atoms with Crippen molar-refractivity contribution in [3.63, 3.8) is 0 Å². The van der Waals surface area contributed by atoms with Gasteiger partial charge in [0.15, 0.2) is 0 Å². The molecule has 2 aliphatic heterocycles. The van der Waals surface area contributed by atoms with Gasteiger partial charge in [0, 0.05) is 25.2 Å². The molecular weight excluding hydrogens is 393 g/mol. The van der Waals surface area contributed by atoms with Crippen LogP contribution >= 0.6 is 0 Å². The van der Waals surface area contributed by atoms with Gasteiger partial charge in [-0.15, -0.1) is 0 Å². The maximum absolute atomic E-state index is 14.0. The Balaban J connectivity index is 1.52. The molecule has 7 unspecified atom stereocenters. The molecule has 0 aromatic rings. The molecule has 7 heteroatoms. The second-order valence-electron chi connectivity index (χ2n) is 11.0. The summed E-state index contributed by atoms with van der Waals surface area (Å²) in [5.41, 5.74) is 0. The zero-order valence-corrected chi connectivity index (χ0v) is 20.3. The zero-order valence-electron chi connectivity index (χ0n) is 19.5. The van der Waals surface area contributed by atoms with Crippen molar-refractivity contribution in [2.45, 2.75) is 95.1 Å². The van der Waals surface area contributed by atoms with Crippen LogP contribution in [-0.2, 0) is 10.0 Å². The molecule has 2 heterocycles. The normalized spacial score (nSPS) is 39.2. The van der Waals surface area contributed by atoms with Gasteiger partial charge in [-0.1, -0.05) is 52.1 Å². The number of fused-ring (bicyclic) bond motifs is 1. The number of nitrogens with zero attached hydrogens (tertiary/aromatic N) is 1.